The summed E-state index contributed by atoms with van der Waals surface area (Å²) in [7, 11) is 4.75. The van der Waals surface area contributed by atoms with E-state index in [0.717, 1.165) is 0 Å². The molecule has 2 rings (SSSR count). The summed E-state index contributed by atoms with van der Waals surface area (Å²) < 4.78 is 5.11. The van der Waals surface area contributed by atoms with E-state index < -0.39 is 4.92 Å². The van der Waals surface area contributed by atoms with Crippen molar-refractivity contribution in [3.05, 3.63) is 63.2 Å². The molecule has 160 valence electrons. The average molecular weight is 435 g/mol. The Balaban J connectivity index is 1.89. The fourth-order valence-electron chi connectivity index (χ4n) is 2.70. The number of likely N-dealkylation sites (N-methyl/N-ethyl adjacent to an activating group) is 2. The number of methoxy groups -OCH3 is 1. The van der Waals surface area contributed by atoms with Crippen molar-refractivity contribution in [3.8, 4) is 5.75 Å². The molecule has 1 N–H and O–H groups in total. The second-order valence-corrected chi connectivity index (χ2v) is 7.14. The number of nitrogens with zero attached hydrogens (tertiary/aromatic N) is 3. The summed E-state index contributed by atoms with van der Waals surface area (Å²) in [5.41, 5.74) is 1.04. The van der Waals surface area contributed by atoms with Gasteiger partial charge in [-0.15, -0.1) is 0 Å². The first-order valence-corrected chi connectivity index (χ1v) is 9.36. The van der Waals surface area contributed by atoms with Crippen LogP contribution in [0.15, 0.2) is 42.5 Å². The van der Waals surface area contributed by atoms with Crippen LogP contribution in [0.25, 0.3) is 0 Å². The van der Waals surface area contributed by atoms with Gasteiger partial charge in [0.2, 0.25) is 11.8 Å². The summed E-state index contributed by atoms with van der Waals surface area (Å²) in [4.78, 5) is 38.1. The third-order valence-corrected chi connectivity index (χ3v) is 4.61. The van der Waals surface area contributed by atoms with Crippen LogP contribution in [0.1, 0.15) is 5.56 Å². The number of nitro benzene ring substituents is 1. The molecule has 0 aliphatic rings. The Kier molecular flexibility index (Phi) is 8.14. The van der Waals surface area contributed by atoms with Gasteiger partial charge in [-0.3, -0.25) is 24.6 Å². The molecule has 30 heavy (non-hydrogen) atoms. The second kappa shape index (κ2) is 10.6. The van der Waals surface area contributed by atoms with Crippen LogP contribution in [0.5, 0.6) is 5.75 Å². The lowest BCUT2D eigenvalue weighted by Crippen LogP contribution is -2.40. The maximum absolute atomic E-state index is 12.4. The standard InChI is InChI=1S/C20H23ClN4O5/c1-23(11-14-9-16(25(28)29)7-8-18(14)21)13-20(27)24(2)12-19(26)22-15-5-4-6-17(10-15)30-3/h4-10H,11-13H2,1-3H3,(H,22,26). The lowest BCUT2D eigenvalue weighted by Gasteiger charge is -2.22. The minimum Gasteiger partial charge on any atom is -0.497 e. The summed E-state index contributed by atoms with van der Waals surface area (Å²) in [6.07, 6.45) is 0. The van der Waals surface area contributed by atoms with E-state index >= 15 is 0 Å². The molecule has 0 radical (unpaired) electrons. The van der Waals surface area contributed by atoms with Gasteiger partial charge in [0, 0.05) is 42.5 Å². The predicted octanol–water partition coefficient (Wildman–Crippen LogP) is 2.79. The summed E-state index contributed by atoms with van der Waals surface area (Å²) in [5, 5.41) is 14.0. The van der Waals surface area contributed by atoms with Crippen LogP contribution >= 0.6 is 11.6 Å². The van der Waals surface area contributed by atoms with Crippen LogP contribution in [-0.4, -0.2) is 60.8 Å². The lowest BCUT2D eigenvalue weighted by molar-refractivity contribution is -0.384. The highest BCUT2D eigenvalue weighted by atomic mass is 35.5. The first-order chi connectivity index (χ1) is 14.2. The predicted molar refractivity (Wildman–Crippen MR) is 114 cm³/mol. The summed E-state index contributed by atoms with van der Waals surface area (Å²) in [5.74, 6) is -0.0120. The first kappa shape index (κ1) is 23.1. The highest BCUT2D eigenvalue weighted by Crippen LogP contribution is 2.23. The number of nitro groups is 1. The highest BCUT2D eigenvalue weighted by Gasteiger charge is 2.17. The molecule has 0 saturated carbocycles. The Morgan fingerprint density at radius 3 is 2.57 bits per heavy atom. The molecule has 2 aromatic carbocycles. The number of ether oxygens (including phenoxy) is 1. The summed E-state index contributed by atoms with van der Waals surface area (Å²) in [6, 6.07) is 11.1. The van der Waals surface area contributed by atoms with Crippen molar-refractivity contribution in [2.75, 3.05) is 39.6 Å². The number of hydrogen-bond acceptors (Lipinski definition) is 6. The molecular weight excluding hydrogens is 412 g/mol. The number of anilines is 1. The van der Waals surface area contributed by atoms with Gasteiger partial charge in [0.1, 0.15) is 5.75 Å². The van der Waals surface area contributed by atoms with Crippen LogP contribution in [0.4, 0.5) is 11.4 Å². The van der Waals surface area contributed by atoms with Gasteiger partial charge in [-0.05, 0) is 30.8 Å². The van der Waals surface area contributed by atoms with Crippen LogP contribution < -0.4 is 10.1 Å². The van der Waals surface area contributed by atoms with Crippen LogP contribution in [0.2, 0.25) is 5.02 Å². The summed E-state index contributed by atoms with van der Waals surface area (Å²) >= 11 is 6.11. The van der Waals surface area contributed by atoms with Gasteiger partial charge in [0.25, 0.3) is 5.69 Å². The number of non-ortho nitro benzene ring substituents is 1. The number of halogens is 1. The van der Waals surface area contributed by atoms with Crippen LogP contribution in [-0.2, 0) is 16.1 Å². The fraction of sp³-hybridized carbons (Fsp3) is 0.300. The van der Waals surface area contributed by atoms with Crippen molar-refractivity contribution in [1.82, 2.24) is 9.80 Å². The monoisotopic (exact) mass is 434 g/mol. The van der Waals surface area contributed by atoms with Crippen molar-refractivity contribution >= 4 is 34.8 Å². The molecule has 10 heteroatoms. The molecule has 2 aromatic rings. The first-order valence-electron chi connectivity index (χ1n) is 8.99. The van der Waals surface area contributed by atoms with Gasteiger partial charge in [0.05, 0.1) is 25.1 Å². The normalized spacial score (nSPS) is 10.6. The molecule has 9 nitrogen and oxygen atoms in total. The van der Waals surface area contributed by atoms with Crippen molar-refractivity contribution in [3.63, 3.8) is 0 Å². The molecule has 0 aliphatic heterocycles. The average Bonchev–Trinajstić information content (AvgIpc) is 2.69. The van der Waals surface area contributed by atoms with E-state index in [1.165, 1.54) is 37.3 Å². The topological polar surface area (TPSA) is 105 Å². The maximum Gasteiger partial charge on any atom is 0.269 e. The Hall–Kier alpha value is -3.17. The number of carbonyl (C=O) groups is 2. The largest absolute Gasteiger partial charge is 0.497 e. The number of amides is 2. The molecule has 2 amide bonds. The molecule has 0 fully saturated rings. The molecule has 0 saturated heterocycles. The van der Waals surface area contributed by atoms with E-state index in [2.05, 4.69) is 5.32 Å². The molecule has 0 aromatic heterocycles. The Morgan fingerprint density at radius 1 is 1.17 bits per heavy atom. The van der Waals surface area contributed by atoms with E-state index in [1.54, 1.807) is 36.2 Å². The zero-order valence-electron chi connectivity index (χ0n) is 16.9. The molecular formula is C20H23ClN4O5. The van der Waals surface area contributed by atoms with E-state index in [9.17, 15) is 19.7 Å². The number of hydrogen-bond donors (Lipinski definition) is 1. The van der Waals surface area contributed by atoms with Gasteiger partial charge >= 0.3 is 0 Å². The van der Waals surface area contributed by atoms with E-state index in [1.807, 2.05) is 0 Å². The molecule has 0 unspecified atom stereocenters. The van der Waals surface area contributed by atoms with Gasteiger partial charge in [-0.2, -0.15) is 0 Å². The second-order valence-electron chi connectivity index (χ2n) is 6.74. The van der Waals surface area contributed by atoms with Crippen molar-refractivity contribution in [2.24, 2.45) is 0 Å². The zero-order chi connectivity index (χ0) is 22.3. The minimum atomic E-state index is -0.500. The number of carbonyl (C=O) groups excluding carboxylic acids is 2. The Labute approximate surface area is 179 Å². The Morgan fingerprint density at radius 2 is 1.90 bits per heavy atom. The quantitative estimate of drug-likeness (QED) is 0.480. The third kappa shape index (κ3) is 6.71. The Bertz CT molecular complexity index is 937. The van der Waals surface area contributed by atoms with E-state index in [-0.39, 0.29) is 37.1 Å². The van der Waals surface area contributed by atoms with Gasteiger partial charge in [-0.1, -0.05) is 17.7 Å². The highest BCUT2D eigenvalue weighted by molar-refractivity contribution is 6.31. The van der Waals surface area contributed by atoms with E-state index in [0.29, 0.717) is 22.0 Å². The van der Waals surface area contributed by atoms with E-state index in [4.69, 9.17) is 16.3 Å². The van der Waals surface area contributed by atoms with Crippen molar-refractivity contribution < 1.29 is 19.2 Å². The smallest absolute Gasteiger partial charge is 0.269 e. The molecule has 0 aliphatic carbocycles. The SMILES string of the molecule is COc1cccc(NC(=O)CN(C)C(=O)CN(C)Cc2cc([N+](=O)[O-])ccc2Cl)c1. The third-order valence-electron chi connectivity index (χ3n) is 4.25. The molecule has 0 heterocycles. The number of rotatable bonds is 9. The lowest BCUT2D eigenvalue weighted by atomic mass is 10.2. The van der Waals surface area contributed by atoms with Gasteiger partial charge < -0.3 is 15.0 Å². The van der Waals surface area contributed by atoms with Gasteiger partial charge in [-0.25, -0.2) is 0 Å². The number of nitrogens with one attached hydrogen (secondary N) is 1. The van der Waals surface area contributed by atoms with Crippen molar-refractivity contribution in [1.29, 1.82) is 0 Å². The fourth-order valence-corrected chi connectivity index (χ4v) is 2.88. The number of benzene rings is 2. The molecule has 0 bridgehead atoms. The molecule has 0 spiro atoms. The minimum absolute atomic E-state index is 0.0158. The summed E-state index contributed by atoms with van der Waals surface area (Å²) in [6.45, 7) is 0.138. The zero-order valence-corrected chi connectivity index (χ0v) is 17.7. The van der Waals surface area contributed by atoms with Crippen LogP contribution in [0.3, 0.4) is 0 Å². The van der Waals surface area contributed by atoms with Crippen molar-refractivity contribution in [2.45, 2.75) is 6.54 Å². The van der Waals surface area contributed by atoms with Crippen LogP contribution in [0, 0.1) is 10.1 Å². The maximum atomic E-state index is 12.4. The van der Waals surface area contributed by atoms with Gasteiger partial charge in [0.15, 0.2) is 0 Å². The molecule has 0 atom stereocenters.